The van der Waals surface area contributed by atoms with Crippen LogP contribution in [0.25, 0.3) is 0 Å². The van der Waals surface area contributed by atoms with Crippen molar-refractivity contribution in [2.45, 2.75) is 19.8 Å². The molecule has 0 spiro atoms. The lowest BCUT2D eigenvalue weighted by molar-refractivity contribution is 0.111. The summed E-state index contributed by atoms with van der Waals surface area (Å²) in [6, 6.07) is 4.95. The fourth-order valence-electron chi connectivity index (χ4n) is 1.24. The van der Waals surface area contributed by atoms with E-state index in [1.807, 2.05) is 0 Å². The Balaban J connectivity index is 2.89. The molecule has 1 aromatic rings. The number of unbranched alkanes of at least 4 members (excludes halogenated alkanes) is 1. The van der Waals surface area contributed by atoms with Crippen LogP contribution in [-0.2, 0) is 0 Å². The zero-order valence-electron chi connectivity index (χ0n) is 8.73. The van der Waals surface area contributed by atoms with E-state index in [1.54, 1.807) is 18.2 Å². The van der Waals surface area contributed by atoms with Crippen molar-refractivity contribution in [3.63, 3.8) is 0 Å². The quantitative estimate of drug-likeness (QED) is 0.530. The van der Waals surface area contributed by atoms with Crippen LogP contribution in [0.15, 0.2) is 18.2 Å². The second kappa shape index (κ2) is 5.96. The van der Waals surface area contributed by atoms with Gasteiger partial charge in [-0.15, -0.1) is 0 Å². The monoisotopic (exact) mass is 206 g/mol. The lowest BCUT2D eigenvalue weighted by atomic mass is 10.1. The van der Waals surface area contributed by atoms with Crippen LogP contribution in [-0.4, -0.2) is 19.2 Å². The van der Waals surface area contributed by atoms with E-state index in [1.165, 1.54) is 0 Å². The normalized spacial score (nSPS) is 9.67. The second-order valence-corrected chi connectivity index (χ2v) is 3.20. The van der Waals surface area contributed by atoms with Crippen LogP contribution in [0.4, 0.5) is 0 Å². The third-order valence-corrected chi connectivity index (χ3v) is 2.07. The first kappa shape index (κ1) is 11.4. The largest absolute Gasteiger partial charge is 0.492 e. The van der Waals surface area contributed by atoms with Crippen LogP contribution < -0.4 is 4.74 Å². The van der Waals surface area contributed by atoms with Crippen molar-refractivity contribution in [2.24, 2.45) is 0 Å². The van der Waals surface area contributed by atoms with Crippen LogP contribution in [0.3, 0.4) is 0 Å². The maximum atomic E-state index is 10.7. The predicted molar refractivity (Wildman–Crippen MR) is 57.6 cm³/mol. The molecule has 0 amide bonds. The Morgan fingerprint density at radius 3 is 2.27 bits per heavy atom. The van der Waals surface area contributed by atoms with Crippen LogP contribution in [0.5, 0.6) is 5.75 Å². The predicted octanol–water partition coefficient (Wildman–Crippen LogP) is 2.49. The van der Waals surface area contributed by atoms with Crippen molar-refractivity contribution < 1.29 is 14.3 Å². The summed E-state index contributed by atoms with van der Waals surface area (Å²) < 4.78 is 5.43. The summed E-state index contributed by atoms with van der Waals surface area (Å²) in [5, 5.41) is 0. The minimum absolute atomic E-state index is 0.399. The number of rotatable bonds is 6. The molecule has 3 nitrogen and oxygen atoms in total. The summed E-state index contributed by atoms with van der Waals surface area (Å²) in [4.78, 5) is 21.5. The number of carbonyl (C=O) groups is 2. The highest BCUT2D eigenvalue weighted by atomic mass is 16.5. The van der Waals surface area contributed by atoms with Crippen LogP contribution >= 0.6 is 0 Å². The molecule has 0 aromatic heterocycles. The summed E-state index contributed by atoms with van der Waals surface area (Å²) in [5.74, 6) is 0.399. The molecular formula is C12H14O3. The van der Waals surface area contributed by atoms with Gasteiger partial charge in [0.15, 0.2) is 12.6 Å². The van der Waals surface area contributed by atoms with E-state index in [0.717, 1.165) is 12.8 Å². The fourth-order valence-corrected chi connectivity index (χ4v) is 1.24. The smallest absolute Gasteiger partial charge is 0.153 e. The maximum Gasteiger partial charge on any atom is 0.153 e. The van der Waals surface area contributed by atoms with E-state index in [9.17, 15) is 9.59 Å². The molecule has 0 radical (unpaired) electrons. The van der Waals surface area contributed by atoms with Crippen molar-refractivity contribution in [1.29, 1.82) is 0 Å². The number of ether oxygens (including phenoxy) is 1. The number of carbonyl (C=O) groups excluding carboxylic acids is 2. The van der Waals surface area contributed by atoms with E-state index in [2.05, 4.69) is 6.92 Å². The molecule has 15 heavy (non-hydrogen) atoms. The lowest BCUT2D eigenvalue weighted by Crippen LogP contribution is -2.02. The van der Waals surface area contributed by atoms with E-state index >= 15 is 0 Å². The number of hydrogen-bond donors (Lipinski definition) is 0. The Kier molecular flexibility index (Phi) is 4.54. The van der Waals surface area contributed by atoms with Gasteiger partial charge in [0.1, 0.15) is 5.75 Å². The molecule has 80 valence electrons. The van der Waals surface area contributed by atoms with Gasteiger partial charge in [0.25, 0.3) is 0 Å². The van der Waals surface area contributed by atoms with Crippen LogP contribution in [0.1, 0.15) is 40.5 Å². The third-order valence-electron chi connectivity index (χ3n) is 2.07. The Morgan fingerprint density at radius 1 is 1.20 bits per heavy atom. The van der Waals surface area contributed by atoms with Gasteiger partial charge in [-0.1, -0.05) is 19.4 Å². The molecule has 0 aliphatic rings. The third kappa shape index (κ3) is 2.91. The van der Waals surface area contributed by atoms with Gasteiger partial charge in [0.05, 0.1) is 17.7 Å². The molecule has 0 heterocycles. The highest BCUT2D eigenvalue weighted by Gasteiger charge is 2.07. The minimum atomic E-state index is 0.399. The van der Waals surface area contributed by atoms with Gasteiger partial charge in [-0.05, 0) is 18.6 Å². The molecular weight excluding hydrogens is 192 g/mol. The molecule has 0 aliphatic heterocycles. The van der Waals surface area contributed by atoms with Gasteiger partial charge >= 0.3 is 0 Å². The Labute approximate surface area is 89.1 Å². The first-order chi connectivity index (χ1) is 7.33. The summed E-state index contributed by atoms with van der Waals surface area (Å²) in [6.07, 6.45) is 3.33. The lowest BCUT2D eigenvalue weighted by Gasteiger charge is -2.09. The van der Waals surface area contributed by atoms with Crippen LogP contribution in [0, 0.1) is 0 Å². The average Bonchev–Trinajstić information content (AvgIpc) is 2.29. The summed E-state index contributed by atoms with van der Waals surface area (Å²) in [7, 11) is 0. The van der Waals surface area contributed by atoms with Crippen molar-refractivity contribution in [3.05, 3.63) is 29.3 Å². The average molecular weight is 206 g/mol. The number of hydrogen-bond acceptors (Lipinski definition) is 3. The minimum Gasteiger partial charge on any atom is -0.492 e. The number of benzene rings is 1. The summed E-state index contributed by atoms with van der Waals surface area (Å²) >= 11 is 0. The van der Waals surface area contributed by atoms with Gasteiger partial charge in [-0.25, -0.2) is 0 Å². The van der Waals surface area contributed by atoms with Crippen LogP contribution in [0.2, 0.25) is 0 Å². The maximum absolute atomic E-state index is 10.7. The summed E-state index contributed by atoms with van der Waals surface area (Å²) in [6.45, 7) is 2.58. The zero-order chi connectivity index (χ0) is 11.1. The first-order valence-corrected chi connectivity index (χ1v) is 4.99. The molecule has 0 saturated heterocycles. The standard InChI is InChI=1S/C12H14O3/c1-2-3-7-15-12-10(8-13)5-4-6-11(12)9-14/h4-6,8-9H,2-3,7H2,1H3. The van der Waals surface area contributed by atoms with Crippen molar-refractivity contribution in [3.8, 4) is 5.75 Å². The summed E-state index contributed by atoms with van der Waals surface area (Å²) in [5.41, 5.74) is 0.853. The van der Waals surface area contributed by atoms with Crippen molar-refractivity contribution in [1.82, 2.24) is 0 Å². The van der Waals surface area contributed by atoms with Gasteiger partial charge in [0.2, 0.25) is 0 Å². The topological polar surface area (TPSA) is 43.4 Å². The Hall–Kier alpha value is -1.64. The van der Waals surface area contributed by atoms with Gasteiger partial charge in [-0.3, -0.25) is 9.59 Å². The van der Waals surface area contributed by atoms with Crippen molar-refractivity contribution >= 4 is 12.6 Å². The highest BCUT2D eigenvalue weighted by Crippen LogP contribution is 2.21. The van der Waals surface area contributed by atoms with E-state index in [-0.39, 0.29) is 0 Å². The first-order valence-electron chi connectivity index (χ1n) is 4.99. The van der Waals surface area contributed by atoms with E-state index in [4.69, 9.17) is 4.74 Å². The molecule has 3 heteroatoms. The molecule has 1 aromatic carbocycles. The second-order valence-electron chi connectivity index (χ2n) is 3.20. The van der Waals surface area contributed by atoms with E-state index < -0.39 is 0 Å². The molecule has 0 unspecified atom stereocenters. The Morgan fingerprint density at radius 2 is 1.80 bits per heavy atom. The number of para-hydroxylation sites is 1. The van der Waals surface area contributed by atoms with E-state index in [0.29, 0.717) is 36.1 Å². The molecule has 0 atom stereocenters. The molecule has 0 fully saturated rings. The SMILES string of the molecule is CCCCOc1c(C=O)cccc1C=O. The van der Waals surface area contributed by atoms with Gasteiger partial charge in [-0.2, -0.15) is 0 Å². The van der Waals surface area contributed by atoms with Gasteiger partial charge in [0, 0.05) is 0 Å². The molecule has 0 aliphatic carbocycles. The molecule has 0 N–H and O–H groups in total. The zero-order valence-corrected chi connectivity index (χ0v) is 8.73. The highest BCUT2D eigenvalue weighted by molar-refractivity contribution is 5.88. The van der Waals surface area contributed by atoms with Crippen molar-refractivity contribution in [2.75, 3.05) is 6.61 Å². The molecule has 1 rings (SSSR count). The molecule has 0 bridgehead atoms. The fraction of sp³-hybridized carbons (Fsp3) is 0.333. The number of aldehydes is 2. The molecule has 0 saturated carbocycles. The Bertz CT molecular complexity index is 318. The van der Waals surface area contributed by atoms with Gasteiger partial charge < -0.3 is 4.74 Å².